The van der Waals surface area contributed by atoms with Gasteiger partial charge in [-0.2, -0.15) is 0 Å². The van der Waals surface area contributed by atoms with Gasteiger partial charge in [-0.05, 0) is 44.2 Å². The number of ketones is 1. The summed E-state index contributed by atoms with van der Waals surface area (Å²) in [5, 5.41) is 0. The van der Waals surface area contributed by atoms with Crippen molar-refractivity contribution < 1.29 is 9.53 Å². The molecule has 0 N–H and O–H groups in total. The molecular formula is C14H18O2. The van der Waals surface area contributed by atoms with E-state index in [1.807, 2.05) is 32.0 Å². The van der Waals surface area contributed by atoms with Crippen molar-refractivity contribution in [2.45, 2.75) is 38.7 Å². The van der Waals surface area contributed by atoms with Gasteiger partial charge >= 0.3 is 0 Å². The van der Waals surface area contributed by atoms with Crippen molar-refractivity contribution in [3.63, 3.8) is 0 Å². The van der Waals surface area contributed by atoms with Gasteiger partial charge in [-0.3, -0.25) is 4.79 Å². The number of carbonyl (C=O) groups excluding carboxylic acids is 1. The van der Waals surface area contributed by atoms with Crippen molar-refractivity contribution in [3.8, 4) is 0 Å². The molecule has 16 heavy (non-hydrogen) atoms. The summed E-state index contributed by atoms with van der Waals surface area (Å²) < 4.78 is 5.44. The van der Waals surface area contributed by atoms with Crippen LogP contribution in [0.1, 0.15) is 40.7 Å². The second kappa shape index (κ2) is 4.02. The van der Waals surface area contributed by atoms with Crippen LogP contribution in [0.25, 0.3) is 0 Å². The fraction of sp³-hybridized carbons (Fsp3) is 0.500. The SMILES string of the molecule is COC1(C(=O)c2cccc(C)c2C)CCC1. The maximum Gasteiger partial charge on any atom is 0.194 e. The summed E-state index contributed by atoms with van der Waals surface area (Å²) in [7, 11) is 1.64. The molecule has 0 spiro atoms. The van der Waals surface area contributed by atoms with Crippen molar-refractivity contribution in [3.05, 3.63) is 34.9 Å². The lowest BCUT2D eigenvalue weighted by Crippen LogP contribution is -2.47. The number of hydrogen-bond donors (Lipinski definition) is 0. The van der Waals surface area contributed by atoms with E-state index in [9.17, 15) is 4.79 Å². The van der Waals surface area contributed by atoms with Gasteiger partial charge in [0.25, 0.3) is 0 Å². The normalized spacial score (nSPS) is 17.9. The molecular weight excluding hydrogens is 200 g/mol. The van der Waals surface area contributed by atoms with Gasteiger partial charge in [-0.15, -0.1) is 0 Å². The third-order valence-corrected chi connectivity index (χ3v) is 3.82. The van der Waals surface area contributed by atoms with E-state index < -0.39 is 5.60 Å². The van der Waals surface area contributed by atoms with Crippen LogP contribution in [0, 0.1) is 13.8 Å². The zero-order chi connectivity index (χ0) is 11.8. The predicted molar refractivity (Wildman–Crippen MR) is 63.8 cm³/mol. The quantitative estimate of drug-likeness (QED) is 0.729. The van der Waals surface area contributed by atoms with Crippen molar-refractivity contribution in [1.82, 2.24) is 0 Å². The van der Waals surface area contributed by atoms with Crippen molar-refractivity contribution in [2.24, 2.45) is 0 Å². The molecule has 2 heteroatoms. The van der Waals surface area contributed by atoms with Crippen LogP contribution in [0.15, 0.2) is 18.2 Å². The van der Waals surface area contributed by atoms with Gasteiger partial charge in [0.1, 0.15) is 5.60 Å². The Labute approximate surface area is 96.6 Å². The Morgan fingerprint density at radius 1 is 1.31 bits per heavy atom. The van der Waals surface area contributed by atoms with Gasteiger partial charge in [0.05, 0.1) is 0 Å². The molecule has 0 aromatic heterocycles. The summed E-state index contributed by atoms with van der Waals surface area (Å²) in [5.74, 6) is 0.155. The Balaban J connectivity index is 2.37. The number of methoxy groups -OCH3 is 1. The van der Waals surface area contributed by atoms with E-state index in [1.165, 1.54) is 0 Å². The lowest BCUT2D eigenvalue weighted by atomic mass is 9.74. The van der Waals surface area contributed by atoms with E-state index in [4.69, 9.17) is 4.74 Å². The molecule has 0 bridgehead atoms. The highest BCUT2D eigenvalue weighted by Gasteiger charge is 2.44. The fourth-order valence-corrected chi connectivity index (χ4v) is 2.26. The molecule has 0 heterocycles. The average Bonchev–Trinajstić information content (AvgIpc) is 2.21. The van der Waals surface area contributed by atoms with Crippen LogP contribution < -0.4 is 0 Å². The van der Waals surface area contributed by atoms with E-state index in [-0.39, 0.29) is 5.78 Å². The minimum Gasteiger partial charge on any atom is -0.370 e. The first kappa shape index (κ1) is 11.3. The average molecular weight is 218 g/mol. The minimum absolute atomic E-state index is 0.155. The molecule has 0 amide bonds. The Bertz CT molecular complexity index is 411. The summed E-state index contributed by atoms with van der Waals surface area (Å²) in [6.45, 7) is 4.04. The molecule has 1 fully saturated rings. The zero-order valence-electron chi connectivity index (χ0n) is 10.2. The Morgan fingerprint density at radius 3 is 2.50 bits per heavy atom. The monoisotopic (exact) mass is 218 g/mol. The number of Topliss-reactive ketones (excluding diaryl/α,β-unsaturated/α-hetero) is 1. The van der Waals surface area contributed by atoms with Gasteiger partial charge in [0, 0.05) is 12.7 Å². The molecule has 1 aliphatic carbocycles. The molecule has 86 valence electrons. The summed E-state index contributed by atoms with van der Waals surface area (Å²) in [6.07, 6.45) is 2.80. The van der Waals surface area contributed by atoms with Crippen molar-refractivity contribution >= 4 is 5.78 Å². The van der Waals surface area contributed by atoms with Crippen LogP contribution in [-0.2, 0) is 4.74 Å². The first-order chi connectivity index (χ1) is 7.60. The minimum atomic E-state index is -0.529. The molecule has 0 aliphatic heterocycles. The highest BCUT2D eigenvalue weighted by atomic mass is 16.5. The van der Waals surface area contributed by atoms with Gasteiger partial charge in [0.15, 0.2) is 5.78 Å². The molecule has 0 saturated heterocycles. The Morgan fingerprint density at radius 2 is 2.00 bits per heavy atom. The number of rotatable bonds is 3. The Kier molecular flexibility index (Phi) is 2.85. The predicted octanol–water partition coefficient (Wildman–Crippen LogP) is 3.06. The van der Waals surface area contributed by atoms with Crippen molar-refractivity contribution in [2.75, 3.05) is 7.11 Å². The molecule has 0 radical (unpaired) electrons. The standard InChI is InChI=1S/C14H18O2/c1-10-6-4-7-12(11(10)2)13(15)14(16-3)8-5-9-14/h4,6-7H,5,8-9H2,1-3H3. The number of benzene rings is 1. The second-order valence-corrected chi connectivity index (χ2v) is 4.63. The molecule has 1 aromatic carbocycles. The summed E-state index contributed by atoms with van der Waals surface area (Å²) in [4.78, 5) is 12.4. The first-order valence-electron chi connectivity index (χ1n) is 5.77. The summed E-state index contributed by atoms with van der Waals surface area (Å²) in [6, 6.07) is 5.88. The highest BCUT2D eigenvalue weighted by molar-refractivity contribution is 6.04. The number of ether oxygens (including phenoxy) is 1. The maximum absolute atomic E-state index is 12.4. The summed E-state index contributed by atoms with van der Waals surface area (Å²) >= 11 is 0. The fourth-order valence-electron chi connectivity index (χ4n) is 2.26. The largest absolute Gasteiger partial charge is 0.370 e. The molecule has 0 atom stereocenters. The van der Waals surface area contributed by atoms with Gasteiger partial charge in [0.2, 0.25) is 0 Å². The topological polar surface area (TPSA) is 26.3 Å². The van der Waals surface area contributed by atoms with E-state index in [0.29, 0.717) is 0 Å². The van der Waals surface area contributed by atoms with Crippen LogP contribution in [0.5, 0.6) is 0 Å². The van der Waals surface area contributed by atoms with Crippen LogP contribution in [0.2, 0.25) is 0 Å². The van der Waals surface area contributed by atoms with E-state index >= 15 is 0 Å². The molecule has 2 nitrogen and oxygen atoms in total. The second-order valence-electron chi connectivity index (χ2n) is 4.63. The number of aryl methyl sites for hydroxylation is 1. The smallest absolute Gasteiger partial charge is 0.194 e. The summed E-state index contributed by atoms with van der Waals surface area (Å²) in [5.41, 5.74) is 2.53. The zero-order valence-corrected chi connectivity index (χ0v) is 10.2. The highest BCUT2D eigenvalue weighted by Crippen LogP contribution is 2.38. The van der Waals surface area contributed by atoms with E-state index in [0.717, 1.165) is 36.0 Å². The van der Waals surface area contributed by atoms with Gasteiger partial charge in [-0.1, -0.05) is 18.2 Å². The third kappa shape index (κ3) is 1.57. The van der Waals surface area contributed by atoms with Gasteiger partial charge < -0.3 is 4.74 Å². The van der Waals surface area contributed by atoms with Crippen LogP contribution in [0.3, 0.4) is 0 Å². The van der Waals surface area contributed by atoms with Crippen LogP contribution in [-0.4, -0.2) is 18.5 Å². The molecule has 1 saturated carbocycles. The van der Waals surface area contributed by atoms with Crippen molar-refractivity contribution in [1.29, 1.82) is 0 Å². The molecule has 1 aliphatic rings. The lowest BCUT2D eigenvalue weighted by Gasteiger charge is -2.39. The van der Waals surface area contributed by atoms with Gasteiger partial charge in [-0.25, -0.2) is 0 Å². The number of carbonyl (C=O) groups is 1. The van der Waals surface area contributed by atoms with Crippen LogP contribution >= 0.6 is 0 Å². The van der Waals surface area contributed by atoms with E-state index in [2.05, 4.69) is 0 Å². The maximum atomic E-state index is 12.4. The molecule has 0 unspecified atom stereocenters. The number of hydrogen-bond acceptors (Lipinski definition) is 2. The lowest BCUT2D eigenvalue weighted by molar-refractivity contribution is -0.0448. The van der Waals surface area contributed by atoms with E-state index in [1.54, 1.807) is 7.11 Å². The first-order valence-corrected chi connectivity index (χ1v) is 5.77. The molecule has 1 aromatic rings. The van der Waals surface area contributed by atoms with Crippen LogP contribution in [0.4, 0.5) is 0 Å². The Hall–Kier alpha value is -1.15. The molecule has 2 rings (SSSR count). The third-order valence-electron chi connectivity index (χ3n) is 3.82.